The Labute approximate surface area is 143 Å². The van der Waals surface area contributed by atoms with Gasteiger partial charge in [-0.15, -0.1) is 0 Å². The van der Waals surface area contributed by atoms with Gasteiger partial charge in [-0.05, 0) is 36.5 Å². The molecule has 24 heavy (non-hydrogen) atoms. The fourth-order valence-corrected chi connectivity index (χ4v) is 3.51. The zero-order valence-corrected chi connectivity index (χ0v) is 14.0. The summed E-state index contributed by atoms with van der Waals surface area (Å²) in [7, 11) is 0. The molecule has 2 atom stereocenters. The summed E-state index contributed by atoms with van der Waals surface area (Å²) in [5.74, 6) is 0.471. The Morgan fingerprint density at radius 3 is 2.46 bits per heavy atom. The molecule has 3 heteroatoms. The third kappa shape index (κ3) is 3.33. The predicted molar refractivity (Wildman–Crippen MR) is 95.5 cm³/mol. The summed E-state index contributed by atoms with van der Waals surface area (Å²) in [6.07, 6.45) is 4.64. The minimum absolute atomic E-state index is 0.0444. The Hall–Kier alpha value is -2.60. The number of rotatable bonds is 3. The lowest BCUT2D eigenvalue weighted by Crippen LogP contribution is -2.41. The highest BCUT2D eigenvalue weighted by Gasteiger charge is 2.24. The van der Waals surface area contributed by atoms with Gasteiger partial charge < -0.3 is 5.32 Å². The van der Waals surface area contributed by atoms with Gasteiger partial charge in [-0.25, -0.2) is 0 Å². The molecule has 1 N–H and O–H groups in total. The summed E-state index contributed by atoms with van der Waals surface area (Å²) < 4.78 is 0. The highest BCUT2D eigenvalue weighted by molar-refractivity contribution is 6.01. The van der Waals surface area contributed by atoms with Crippen LogP contribution in [0.15, 0.2) is 48.5 Å². The van der Waals surface area contributed by atoms with E-state index in [0.717, 1.165) is 17.5 Å². The summed E-state index contributed by atoms with van der Waals surface area (Å²) in [6.45, 7) is 2.21. The van der Waals surface area contributed by atoms with Crippen molar-refractivity contribution < 1.29 is 4.79 Å². The highest BCUT2D eigenvalue weighted by atomic mass is 16.1. The molecule has 0 aromatic heterocycles. The van der Waals surface area contributed by atoms with E-state index in [9.17, 15) is 10.1 Å². The molecule has 0 spiro atoms. The third-order valence-corrected chi connectivity index (χ3v) is 4.94. The molecule has 1 aliphatic carbocycles. The normalized spacial score (nSPS) is 20.2. The summed E-state index contributed by atoms with van der Waals surface area (Å²) >= 11 is 0. The highest BCUT2D eigenvalue weighted by Crippen LogP contribution is 2.28. The van der Waals surface area contributed by atoms with Crippen LogP contribution in [0, 0.1) is 17.2 Å². The van der Waals surface area contributed by atoms with Crippen LogP contribution in [-0.2, 0) is 0 Å². The van der Waals surface area contributed by atoms with E-state index in [1.807, 2.05) is 42.5 Å². The number of hydrogen-bond donors (Lipinski definition) is 1. The fourth-order valence-electron chi connectivity index (χ4n) is 3.51. The number of nitrogens with one attached hydrogen (secondary N) is 1. The molecule has 3 rings (SSSR count). The van der Waals surface area contributed by atoms with Gasteiger partial charge in [0.25, 0.3) is 5.91 Å². The Balaban J connectivity index is 1.92. The standard InChI is InChI=1S/C21H22N2O/c1-15-8-2-7-13-20(15)23-21(24)19-12-6-5-11-18(19)17-10-4-3-9-16(17)14-22/h3-6,9-12,15,20H,2,7-8,13H2,1H3,(H,23,24). The summed E-state index contributed by atoms with van der Waals surface area (Å²) in [6, 6.07) is 17.4. The Morgan fingerprint density at radius 1 is 1.04 bits per heavy atom. The Bertz CT molecular complexity index is 775. The molecule has 0 bridgehead atoms. The lowest BCUT2D eigenvalue weighted by atomic mass is 9.85. The molecular formula is C21H22N2O. The van der Waals surface area contributed by atoms with Crippen LogP contribution in [-0.4, -0.2) is 11.9 Å². The molecule has 0 aliphatic heterocycles. The second-order valence-corrected chi connectivity index (χ2v) is 6.54. The second kappa shape index (κ2) is 7.31. The lowest BCUT2D eigenvalue weighted by Gasteiger charge is -2.29. The van der Waals surface area contributed by atoms with E-state index in [1.165, 1.54) is 19.3 Å². The van der Waals surface area contributed by atoms with Crippen LogP contribution < -0.4 is 5.32 Å². The van der Waals surface area contributed by atoms with Crippen molar-refractivity contribution in [3.8, 4) is 17.2 Å². The predicted octanol–water partition coefficient (Wildman–Crippen LogP) is 4.53. The van der Waals surface area contributed by atoms with Gasteiger partial charge in [-0.2, -0.15) is 5.26 Å². The SMILES string of the molecule is CC1CCCCC1NC(=O)c1ccccc1-c1ccccc1C#N. The smallest absolute Gasteiger partial charge is 0.252 e. The van der Waals surface area contributed by atoms with Gasteiger partial charge in [-0.3, -0.25) is 4.79 Å². The van der Waals surface area contributed by atoms with Crippen molar-refractivity contribution in [2.24, 2.45) is 5.92 Å². The van der Waals surface area contributed by atoms with Crippen LogP contribution in [0.5, 0.6) is 0 Å². The van der Waals surface area contributed by atoms with E-state index in [4.69, 9.17) is 0 Å². The van der Waals surface area contributed by atoms with Crippen LogP contribution in [0.25, 0.3) is 11.1 Å². The van der Waals surface area contributed by atoms with Crippen molar-refractivity contribution >= 4 is 5.91 Å². The second-order valence-electron chi connectivity index (χ2n) is 6.54. The molecule has 1 aliphatic rings. The summed E-state index contributed by atoms with van der Waals surface area (Å²) in [5.41, 5.74) is 2.85. The van der Waals surface area contributed by atoms with Crippen LogP contribution in [0.2, 0.25) is 0 Å². The van der Waals surface area contributed by atoms with E-state index in [1.54, 1.807) is 6.07 Å². The molecule has 1 amide bonds. The number of carbonyl (C=O) groups excluding carboxylic acids is 1. The third-order valence-electron chi connectivity index (χ3n) is 4.94. The zero-order valence-electron chi connectivity index (χ0n) is 14.0. The lowest BCUT2D eigenvalue weighted by molar-refractivity contribution is 0.0911. The monoisotopic (exact) mass is 318 g/mol. The first-order valence-corrected chi connectivity index (χ1v) is 8.60. The zero-order chi connectivity index (χ0) is 16.9. The minimum atomic E-state index is -0.0444. The fraction of sp³-hybridized carbons (Fsp3) is 0.333. The van der Waals surface area contributed by atoms with Gasteiger partial charge in [0, 0.05) is 17.2 Å². The molecule has 122 valence electrons. The van der Waals surface area contributed by atoms with Crippen LogP contribution in [0.1, 0.15) is 48.5 Å². The quantitative estimate of drug-likeness (QED) is 0.903. The van der Waals surface area contributed by atoms with Crippen molar-refractivity contribution in [1.82, 2.24) is 5.32 Å². The first-order valence-electron chi connectivity index (χ1n) is 8.60. The largest absolute Gasteiger partial charge is 0.349 e. The molecule has 2 aromatic carbocycles. The topological polar surface area (TPSA) is 52.9 Å². The van der Waals surface area contributed by atoms with E-state index in [0.29, 0.717) is 17.0 Å². The molecule has 0 heterocycles. The molecular weight excluding hydrogens is 296 g/mol. The number of nitrogens with zero attached hydrogens (tertiary/aromatic N) is 1. The molecule has 0 radical (unpaired) electrons. The number of nitriles is 1. The maximum absolute atomic E-state index is 12.9. The van der Waals surface area contributed by atoms with Crippen molar-refractivity contribution in [3.63, 3.8) is 0 Å². The van der Waals surface area contributed by atoms with Gasteiger partial charge in [0.2, 0.25) is 0 Å². The average molecular weight is 318 g/mol. The van der Waals surface area contributed by atoms with Crippen LogP contribution in [0.3, 0.4) is 0 Å². The number of amides is 1. The average Bonchev–Trinajstić information content (AvgIpc) is 2.63. The van der Waals surface area contributed by atoms with E-state index < -0.39 is 0 Å². The maximum atomic E-state index is 12.9. The van der Waals surface area contributed by atoms with E-state index in [-0.39, 0.29) is 11.9 Å². The van der Waals surface area contributed by atoms with Gasteiger partial charge in [0.05, 0.1) is 11.6 Å². The van der Waals surface area contributed by atoms with Crippen LogP contribution in [0.4, 0.5) is 0 Å². The number of benzene rings is 2. The summed E-state index contributed by atoms with van der Waals surface area (Å²) in [5, 5.41) is 12.6. The van der Waals surface area contributed by atoms with Gasteiger partial charge in [0.1, 0.15) is 0 Å². The number of hydrogen-bond acceptors (Lipinski definition) is 2. The molecule has 1 fully saturated rings. The van der Waals surface area contributed by atoms with Crippen molar-refractivity contribution in [2.75, 3.05) is 0 Å². The van der Waals surface area contributed by atoms with Gasteiger partial charge in [-0.1, -0.05) is 56.2 Å². The Morgan fingerprint density at radius 2 is 1.71 bits per heavy atom. The van der Waals surface area contributed by atoms with Crippen LogP contribution >= 0.6 is 0 Å². The summed E-state index contributed by atoms with van der Waals surface area (Å²) in [4.78, 5) is 12.9. The molecule has 2 aromatic rings. The minimum Gasteiger partial charge on any atom is -0.349 e. The maximum Gasteiger partial charge on any atom is 0.252 e. The first kappa shape index (κ1) is 16.3. The number of carbonyl (C=O) groups is 1. The van der Waals surface area contributed by atoms with Gasteiger partial charge in [0.15, 0.2) is 0 Å². The Kier molecular flexibility index (Phi) is 4.96. The van der Waals surface area contributed by atoms with E-state index >= 15 is 0 Å². The van der Waals surface area contributed by atoms with E-state index in [2.05, 4.69) is 18.3 Å². The first-order chi connectivity index (χ1) is 11.7. The molecule has 2 unspecified atom stereocenters. The molecule has 3 nitrogen and oxygen atoms in total. The van der Waals surface area contributed by atoms with Gasteiger partial charge >= 0.3 is 0 Å². The van der Waals surface area contributed by atoms with Crippen molar-refractivity contribution in [1.29, 1.82) is 5.26 Å². The molecule has 1 saturated carbocycles. The molecule has 0 saturated heterocycles. The van der Waals surface area contributed by atoms with Crippen molar-refractivity contribution in [3.05, 3.63) is 59.7 Å². The van der Waals surface area contributed by atoms with Crippen molar-refractivity contribution in [2.45, 2.75) is 38.6 Å².